The third-order valence-corrected chi connectivity index (χ3v) is 4.67. The lowest BCUT2D eigenvalue weighted by atomic mass is 10.0. The van der Waals surface area contributed by atoms with Crippen LogP contribution in [0.1, 0.15) is 25.8 Å². The molecule has 1 rings (SSSR count). The molecular formula is C13H17ClN2O3S. The van der Waals surface area contributed by atoms with Crippen LogP contribution in [0.2, 0.25) is 5.02 Å². The molecule has 1 atom stereocenters. The lowest BCUT2D eigenvalue weighted by molar-refractivity contribution is 0.256. The van der Waals surface area contributed by atoms with Crippen LogP contribution >= 0.6 is 11.6 Å². The molecule has 7 heteroatoms. The number of nitriles is 1. The van der Waals surface area contributed by atoms with Gasteiger partial charge in [0.25, 0.3) is 0 Å². The molecule has 0 aromatic heterocycles. The average molecular weight is 317 g/mol. The van der Waals surface area contributed by atoms with Crippen LogP contribution in [-0.2, 0) is 10.0 Å². The maximum atomic E-state index is 12.4. The van der Waals surface area contributed by atoms with E-state index in [0.29, 0.717) is 6.42 Å². The number of aliphatic hydroxyl groups excluding tert-OH is 1. The largest absolute Gasteiger partial charge is 0.396 e. The van der Waals surface area contributed by atoms with Gasteiger partial charge in [-0.2, -0.15) is 5.26 Å². The van der Waals surface area contributed by atoms with Gasteiger partial charge in [-0.3, -0.25) is 0 Å². The highest BCUT2D eigenvalue weighted by Crippen LogP contribution is 2.21. The molecular weight excluding hydrogens is 300 g/mol. The summed E-state index contributed by atoms with van der Waals surface area (Å²) in [6, 6.07) is 5.51. The maximum absolute atomic E-state index is 12.4. The van der Waals surface area contributed by atoms with Crippen molar-refractivity contribution in [2.24, 2.45) is 5.92 Å². The number of aliphatic hydroxyl groups is 1. The number of benzene rings is 1. The van der Waals surface area contributed by atoms with Gasteiger partial charge in [0.05, 0.1) is 5.56 Å². The molecule has 1 aromatic rings. The summed E-state index contributed by atoms with van der Waals surface area (Å²) in [5.41, 5.74) is 0.0356. The Morgan fingerprint density at radius 3 is 2.60 bits per heavy atom. The Morgan fingerprint density at radius 2 is 2.10 bits per heavy atom. The summed E-state index contributed by atoms with van der Waals surface area (Å²) in [5.74, 6) is 0.0154. The van der Waals surface area contributed by atoms with E-state index < -0.39 is 16.1 Å². The van der Waals surface area contributed by atoms with Crippen LogP contribution in [-0.4, -0.2) is 26.2 Å². The first-order chi connectivity index (χ1) is 9.31. The summed E-state index contributed by atoms with van der Waals surface area (Å²) < 4.78 is 27.2. The number of hydrogen-bond donors (Lipinski definition) is 2. The first-order valence-corrected chi connectivity index (χ1v) is 8.00. The predicted octanol–water partition coefficient (Wildman–Crippen LogP) is 1.90. The average Bonchev–Trinajstić information content (AvgIpc) is 2.38. The van der Waals surface area contributed by atoms with Crippen LogP contribution in [0.15, 0.2) is 23.1 Å². The van der Waals surface area contributed by atoms with Gasteiger partial charge >= 0.3 is 0 Å². The molecule has 0 heterocycles. The van der Waals surface area contributed by atoms with Crippen molar-refractivity contribution < 1.29 is 13.5 Å². The third-order valence-electron chi connectivity index (χ3n) is 2.90. The van der Waals surface area contributed by atoms with Crippen molar-refractivity contribution in [3.8, 4) is 6.07 Å². The second-order valence-electron chi connectivity index (χ2n) is 4.74. The van der Waals surface area contributed by atoms with Crippen molar-refractivity contribution >= 4 is 21.6 Å². The number of nitrogens with one attached hydrogen (secondary N) is 1. The van der Waals surface area contributed by atoms with Gasteiger partial charge < -0.3 is 5.11 Å². The zero-order chi connectivity index (χ0) is 15.3. The fourth-order valence-corrected chi connectivity index (χ4v) is 3.58. The Morgan fingerprint density at radius 1 is 1.45 bits per heavy atom. The van der Waals surface area contributed by atoms with Crippen molar-refractivity contribution in [3.05, 3.63) is 28.8 Å². The molecule has 110 valence electrons. The Bertz CT molecular complexity index is 609. The zero-order valence-electron chi connectivity index (χ0n) is 11.3. The maximum Gasteiger partial charge on any atom is 0.242 e. The molecule has 0 aliphatic heterocycles. The van der Waals surface area contributed by atoms with Crippen LogP contribution in [0.4, 0.5) is 0 Å². The van der Waals surface area contributed by atoms with Crippen LogP contribution in [0, 0.1) is 17.2 Å². The Kier molecular flexibility index (Phi) is 5.96. The zero-order valence-corrected chi connectivity index (χ0v) is 12.9. The topological polar surface area (TPSA) is 90.2 Å². The lowest BCUT2D eigenvalue weighted by Gasteiger charge is -2.21. The highest BCUT2D eigenvalue weighted by molar-refractivity contribution is 7.89. The van der Waals surface area contributed by atoms with Gasteiger partial charge in [-0.1, -0.05) is 25.4 Å². The number of nitrogens with zero attached hydrogens (tertiary/aromatic N) is 1. The molecule has 0 radical (unpaired) electrons. The Labute approximate surface area is 124 Å². The molecule has 0 amide bonds. The quantitative estimate of drug-likeness (QED) is 0.838. The molecule has 0 saturated carbocycles. The Hall–Kier alpha value is -1.13. The summed E-state index contributed by atoms with van der Waals surface area (Å²) in [6.45, 7) is 3.59. The van der Waals surface area contributed by atoms with Crippen LogP contribution in [0.3, 0.4) is 0 Å². The van der Waals surface area contributed by atoms with E-state index in [9.17, 15) is 8.42 Å². The van der Waals surface area contributed by atoms with Gasteiger partial charge in [0.2, 0.25) is 10.0 Å². The minimum Gasteiger partial charge on any atom is -0.396 e. The van der Waals surface area contributed by atoms with Gasteiger partial charge in [0.15, 0.2) is 0 Å². The summed E-state index contributed by atoms with van der Waals surface area (Å²) in [6.07, 6.45) is 0.305. The van der Waals surface area contributed by atoms with E-state index in [0.717, 1.165) is 0 Å². The number of halogens is 1. The molecule has 1 aromatic carbocycles. The summed E-state index contributed by atoms with van der Waals surface area (Å²) in [7, 11) is -3.86. The fraction of sp³-hybridized carbons (Fsp3) is 0.462. The predicted molar refractivity (Wildman–Crippen MR) is 76.8 cm³/mol. The summed E-state index contributed by atoms with van der Waals surface area (Å²) >= 11 is 5.80. The molecule has 1 unspecified atom stereocenters. The van der Waals surface area contributed by atoms with Gasteiger partial charge in [-0.05, 0) is 30.5 Å². The number of sulfonamides is 1. The summed E-state index contributed by atoms with van der Waals surface area (Å²) in [4.78, 5) is -0.143. The van der Waals surface area contributed by atoms with Gasteiger partial charge in [0, 0.05) is 17.7 Å². The van der Waals surface area contributed by atoms with E-state index >= 15 is 0 Å². The number of hydrogen-bond acceptors (Lipinski definition) is 4. The molecule has 20 heavy (non-hydrogen) atoms. The van der Waals surface area contributed by atoms with Crippen LogP contribution < -0.4 is 4.72 Å². The molecule has 0 spiro atoms. The lowest BCUT2D eigenvalue weighted by Crippen LogP contribution is -2.39. The molecule has 5 nitrogen and oxygen atoms in total. The highest BCUT2D eigenvalue weighted by atomic mass is 35.5. The smallest absolute Gasteiger partial charge is 0.242 e. The van der Waals surface area contributed by atoms with Crippen molar-refractivity contribution in [1.29, 1.82) is 5.26 Å². The normalized spacial score (nSPS) is 13.2. The molecule has 0 aliphatic carbocycles. The SMILES string of the molecule is CC(C)C(CCO)NS(=O)(=O)c1cc(Cl)ccc1C#N. The van der Waals surface area contributed by atoms with Crippen molar-refractivity contribution in [2.75, 3.05) is 6.61 Å². The van der Waals surface area contributed by atoms with Crippen molar-refractivity contribution in [2.45, 2.75) is 31.2 Å². The van der Waals surface area contributed by atoms with E-state index in [1.54, 1.807) is 0 Å². The van der Waals surface area contributed by atoms with Gasteiger partial charge in [-0.15, -0.1) is 0 Å². The Balaban J connectivity index is 3.17. The van der Waals surface area contributed by atoms with E-state index in [1.807, 2.05) is 19.9 Å². The number of rotatable bonds is 6. The van der Waals surface area contributed by atoms with Crippen LogP contribution in [0.25, 0.3) is 0 Å². The molecule has 0 aliphatic rings. The molecule has 0 fully saturated rings. The first kappa shape index (κ1) is 16.9. The third kappa shape index (κ3) is 4.18. The van der Waals surface area contributed by atoms with Gasteiger partial charge in [0.1, 0.15) is 11.0 Å². The minimum atomic E-state index is -3.86. The van der Waals surface area contributed by atoms with Crippen molar-refractivity contribution in [1.82, 2.24) is 4.72 Å². The second kappa shape index (κ2) is 7.04. The van der Waals surface area contributed by atoms with E-state index in [-0.39, 0.29) is 28.0 Å². The van der Waals surface area contributed by atoms with E-state index in [1.165, 1.54) is 18.2 Å². The molecule has 0 saturated heterocycles. The van der Waals surface area contributed by atoms with E-state index in [4.69, 9.17) is 22.0 Å². The second-order valence-corrected chi connectivity index (χ2v) is 6.86. The van der Waals surface area contributed by atoms with E-state index in [2.05, 4.69) is 4.72 Å². The molecule has 2 N–H and O–H groups in total. The fourth-order valence-electron chi connectivity index (χ4n) is 1.74. The summed E-state index contributed by atoms with van der Waals surface area (Å²) in [5, 5.41) is 18.2. The standard InChI is InChI=1S/C13H17ClN2O3S/c1-9(2)12(5-6-17)16-20(18,19)13-7-11(14)4-3-10(13)8-15/h3-4,7,9,12,16-17H,5-6H2,1-2H3. The first-order valence-electron chi connectivity index (χ1n) is 6.14. The molecule has 0 bridgehead atoms. The minimum absolute atomic E-state index is 0.0154. The van der Waals surface area contributed by atoms with Crippen LogP contribution in [0.5, 0.6) is 0 Å². The monoisotopic (exact) mass is 316 g/mol. The van der Waals surface area contributed by atoms with Gasteiger partial charge in [-0.25, -0.2) is 13.1 Å². The highest BCUT2D eigenvalue weighted by Gasteiger charge is 2.24. The van der Waals surface area contributed by atoms with Crippen molar-refractivity contribution in [3.63, 3.8) is 0 Å².